The average molecular weight is 339 g/mol. The number of aliphatic hydroxyl groups is 1. The van der Waals surface area contributed by atoms with Crippen LogP contribution in [0.3, 0.4) is 0 Å². The molecule has 0 amide bonds. The second-order valence-electron chi connectivity index (χ2n) is 6.07. The molecule has 0 radical (unpaired) electrons. The van der Waals surface area contributed by atoms with E-state index in [2.05, 4.69) is 44.3 Å². The Hall–Kier alpha value is -0.580. The smallest absolute Gasteiger partial charge is 0.0476 e. The summed E-state index contributed by atoms with van der Waals surface area (Å²) >= 11 is 3.58. The number of nitrogens with one attached hydrogen (secondary N) is 1. The molecular weight excluding hydrogens is 316 g/mol. The fourth-order valence-corrected chi connectivity index (χ4v) is 3.39. The van der Waals surface area contributed by atoms with Crippen LogP contribution in [0.2, 0.25) is 0 Å². The Morgan fingerprint density at radius 2 is 2.15 bits per heavy atom. The van der Waals surface area contributed by atoms with Gasteiger partial charge in [0.05, 0.1) is 0 Å². The minimum atomic E-state index is 0.308. The molecule has 2 N–H and O–H groups in total. The fourth-order valence-electron chi connectivity index (χ4n) is 2.98. The Labute approximate surface area is 129 Å². The Bertz CT molecular complexity index is 462. The number of hydrogen-bond donors (Lipinski definition) is 2. The van der Waals surface area contributed by atoms with Crippen LogP contribution in [0, 0.1) is 5.92 Å². The van der Waals surface area contributed by atoms with Gasteiger partial charge in [0, 0.05) is 42.4 Å². The minimum Gasteiger partial charge on any atom is -0.396 e. The highest BCUT2D eigenvalue weighted by Gasteiger charge is 2.23. The first-order valence-electron chi connectivity index (χ1n) is 7.64. The van der Waals surface area contributed by atoms with E-state index in [9.17, 15) is 5.11 Å². The summed E-state index contributed by atoms with van der Waals surface area (Å²) in [6.07, 6.45) is 4.97. The average Bonchev–Trinajstić information content (AvgIpc) is 3.29. The Morgan fingerprint density at radius 3 is 2.90 bits per heavy atom. The molecule has 1 atom stereocenters. The van der Waals surface area contributed by atoms with E-state index in [0.29, 0.717) is 12.5 Å². The third-order valence-electron chi connectivity index (χ3n) is 4.32. The summed E-state index contributed by atoms with van der Waals surface area (Å²) in [7, 11) is 0. The molecule has 1 aliphatic heterocycles. The maximum atomic E-state index is 9.41. The van der Waals surface area contributed by atoms with E-state index in [0.717, 1.165) is 36.6 Å². The zero-order chi connectivity index (χ0) is 13.9. The molecule has 1 aromatic rings. The summed E-state index contributed by atoms with van der Waals surface area (Å²) in [5, 5.41) is 13.0. The number of benzene rings is 1. The van der Waals surface area contributed by atoms with Crippen LogP contribution in [0.4, 0.5) is 5.69 Å². The molecule has 4 heteroatoms. The number of halogens is 1. The van der Waals surface area contributed by atoms with E-state index in [1.165, 1.54) is 30.5 Å². The summed E-state index contributed by atoms with van der Waals surface area (Å²) in [5.41, 5.74) is 2.70. The predicted octanol–water partition coefficient (Wildman–Crippen LogP) is 2.91. The number of hydrogen-bond acceptors (Lipinski definition) is 3. The van der Waals surface area contributed by atoms with E-state index >= 15 is 0 Å². The van der Waals surface area contributed by atoms with Crippen molar-refractivity contribution in [3.05, 3.63) is 28.2 Å². The Balaban J connectivity index is 1.75. The zero-order valence-corrected chi connectivity index (χ0v) is 13.4. The topological polar surface area (TPSA) is 35.5 Å². The zero-order valence-electron chi connectivity index (χ0n) is 11.8. The normalized spacial score (nSPS) is 23.1. The summed E-state index contributed by atoms with van der Waals surface area (Å²) < 4.78 is 1.14. The van der Waals surface area contributed by atoms with Crippen LogP contribution in [0.25, 0.3) is 0 Å². The molecule has 1 aromatic carbocycles. The van der Waals surface area contributed by atoms with Crippen LogP contribution in [-0.4, -0.2) is 30.8 Å². The lowest BCUT2D eigenvalue weighted by Crippen LogP contribution is -2.37. The van der Waals surface area contributed by atoms with Crippen molar-refractivity contribution in [2.24, 2.45) is 5.92 Å². The van der Waals surface area contributed by atoms with E-state index in [-0.39, 0.29) is 0 Å². The maximum Gasteiger partial charge on any atom is 0.0476 e. The number of piperidine rings is 1. The maximum absolute atomic E-state index is 9.41. The number of nitrogens with zero attached hydrogens (tertiary/aromatic N) is 1. The van der Waals surface area contributed by atoms with Gasteiger partial charge in [-0.05, 0) is 55.4 Å². The number of aliphatic hydroxyl groups excluding tert-OH is 1. The van der Waals surface area contributed by atoms with Gasteiger partial charge in [0.1, 0.15) is 0 Å². The molecule has 110 valence electrons. The second-order valence-corrected chi connectivity index (χ2v) is 6.98. The molecule has 3 nitrogen and oxygen atoms in total. The van der Waals surface area contributed by atoms with Crippen molar-refractivity contribution in [2.75, 3.05) is 24.6 Å². The molecule has 0 bridgehead atoms. The van der Waals surface area contributed by atoms with Gasteiger partial charge in [-0.2, -0.15) is 0 Å². The molecule has 1 saturated heterocycles. The number of rotatable bonds is 5. The Kier molecular flexibility index (Phi) is 4.64. The van der Waals surface area contributed by atoms with Crippen LogP contribution in [0.5, 0.6) is 0 Å². The van der Waals surface area contributed by atoms with Gasteiger partial charge in [-0.3, -0.25) is 0 Å². The molecule has 0 spiro atoms. The van der Waals surface area contributed by atoms with Gasteiger partial charge >= 0.3 is 0 Å². The van der Waals surface area contributed by atoms with Crippen molar-refractivity contribution >= 4 is 21.6 Å². The first kappa shape index (κ1) is 14.4. The lowest BCUT2D eigenvalue weighted by Gasteiger charge is -2.35. The van der Waals surface area contributed by atoms with E-state index < -0.39 is 0 Å². The van der Waals surface area contributed by atoms with Crippen LogP contribution in [-0.2, 0) is 6.54 Å². The van der Waals surface area contributed by atoms with E-state index in [1.807, 2.05) is 0 Å². The third-order valence-corrected chi connectivity index (χ3v) is 4.81. The van der Waals surface area contributed by atoms with Gasteiger partial charge in [-0.1, -0.05) is 15.9 Å². The van der Waals surface area contributed by atoms with Gasteiger partial charge in [0.25, 0.3) is 0 Å². The monoisotopic (exact) mass is 338 g/mol. The SMILES string of the molecule is OCC1CCCN(c2ccc(Br)cc2CNC2CC2)C1. The summed E-state index contributed by atoms with van der Waals surface area (Å²) in [4.78, 5) is 2.45. The molecule has 20 heavy (non-hydrogen) atoms. The van der Waals surface area contributed by atoms with Crippen LogP contribution in [0.15, 0.2) is 22.7 Å². The molecule has 1 heterocycles. The lowest BCUT2D eigenvalue weighted by atomic mass is 9.97. The second kappa shape index (κ2) is 6.46. The van der Waals surface area contributed by atoms with Gasteiger partial charge in [0.15, 0.2) is 0 Å². The van der Waals surface area contributed by atoms with Crippen molar-refractivity contribution in [1.82, 2.24) is 5.32 Å². The van der Waals surface area contributed by atoms with Crippen LogP contribution in [0.1, 0.15) is 31.2 Å². The summed E-state index contributed by atoms with van der Waals surface area (Å²) in [6.45, 7) is 3.34. The van der Waals surface area contributed by atoms with Gasteiger partial charge < -0.3 is 15.3 Å². The molecule has 1 saturated carbocycles. The van der Waals surface area contributed by atoms with Gasteiger partial charge in [0.2, 0.25) is 0 Å². The molecular formula is C16H23BrN2O. The fraction of sp³-hybridized carbons (Fsp3) is 0.625. The third kappa shape index (κ3) is 3.54. The highest BCUT2D eigenvalue weighted by Crippen LogP contribution is 2.29. The first-order chi connectivity index (χ1) is 9.76. The highest BCUT2D eigenvalue weighted by atomic mass is 79.9. The highest BCUT2D eigenvalue weighted by molar-refractivity contribution is 9.10. The molecule has 1 unspecified atom stereocenters. The molecule has 3 rings (SSSR count). The molecule has 0 aromatic heterocycles. The van der Waals surface area contributed by atoms with Crippen molar-refractivity contribution < 1.29 is 5.11 Å². The summed E-state index contributed by atoms with van der Waals surface area (Å²) in [5.74, 6) is 0.427. The van der Waals surface area contributed by atoms with Crippen LogP contribution >= 0.6 is 15.9 Å². The van der Waals surface area contributed by atoms with Gasteiger partial charge in [-0.15, -0.1) is 0 Å². The lowest BCUT2D eigenvalue weighted by molar-refractivity contribution is 0.208. The van der Waals surface area contributed by atoms with E-state index in [1.54, 1.807) is 0 Å². The largest absolute Gasteiger partial charge is 0.396 e. The van der Waals surface area contributed by atoms with Crippen LogP contribution < -0.4 is 10.2 Å². The standard InChI is InChI=1S/C16H23BrN2O/c17-14-3-6-16(13(8-14)9-18-15-4-5-15)19-7-1-2-12(10-19)11-20/h3,6,8,12,15,18,20H,1-2,4-5,7,9-11H2. The molecule has 1 aliphatic carbocycles. The van der Waals surface area contributed by atoms with Gasteiger partial charge in [-0.25, -0.2) is 0 Å². The van der Waals surface area contributed by atoms with Crippen molar-refractivity contribution in [2.45, 2.75) is 38.3 Å². The Morgan fingerprint density at radius 1 is 1.30 bits per heavy atom. The number of anilines is 1. The summed E-state index contributed by atoms with van der Waals surface area (Å²) in [6, 6.07) is 7.30. The molecule has 2 aliphatic rings. The quantitative estimate of drug-likeness (QED) is 0.866. The van der Waals surface area contributed by atoms with E-state index in [4.69, 9.17) is 0 Å². The van der Waals surface area contributed by atoms with Crippen molar-refractivity contribution in [1.29, 1.82) is 0 Å². The predicted molar refractivity (Wildman–Crippen MR) is 86.0 cm³/mol. The molecule has 2 fully saturated rings. The van der Waals surface area contributed by atoms with Crippen molar-refractivity contribution in [3.8, 4) is 0 Å². The van der Waals surface area contributed by atoms with Crippen molar-refractivity contribution in [3.63, 3.8) is 0 Å². The first-order valence-corrected chi connectivity index (χ1v) is 8.43. The minimum absolute atomic E-state index is 0.308.